The summed E-state index contributed by atoms with van der Waals surface area (Å²) in [5.41, 5.74) is 1.25. The van der Waals surface area contributed by atoms with Crippen LogP contribution < -0.4 is 9.64 Å². The van der Waals surface area contributed by atoms with Crippen LogP contribution in [0, 0.1) is 5.82 Å². The molecule has 0 aromatic heterocycles. The molecule has 1 amide bonds. The molecular formula is C21H16FNO2S. The van der Waals surface area contributed by atoms with Crippen molar-refractivity contribution in [2.45, 2.75) is 5.37 Å². The van der Waals surface area contributed by atoms with Gasteiger partial charge >= 0.3 is 0 Å². The van der Waals surface area contributed by atoms with Gasteiger partial charge in [0.2, 0.25) is 5.91 Å². The molecule has 4 rings (SSSR count). The zero-order chi connectivity index (χ0) is 17.9. The van der Waals surface area contributed by atoms with Crippen LogP contribution in [0.4, 0.5) is 10.1 Å². The molecule has 1 atom stereocenters. The maximum Gasteiger partial charge on any atom is 0.238 e. The fraction of sp³-hybridized carbons (Fsp3) is 0.0952. The number of carbonyl (C=O) groups excluding carboxylic acids is 1. The molecule has 0 radical (unpaired) electrons. The summed E-state index contributed by atoms with van der Waals surface area (Å²) >= 11 is 1.43. The molecule has 0 saturated carbocycles. The van der Waals surface area contributed by atoms with Crippen LogP contribution in [-0.4, -0.2) is 11.7 Å². The topological polar surface area (TPSA) is 29.5 Å². The minimum atomic E-state index is -0.357. The van der Waals surface area contributed by atoms with Crippen LogP contribution >= 0.6 is 11.8 Å². The van der Waals surface area contributed by atoms with Crippen LogP contribution in [0.15, 0.2) is 78.9 Å². The number of thioether (sulfide) groups is 1. The summed E-state index contributed by atoms with van der Waals surface area (Å²) in [4.78, 5) is 14.0. The average molecular weight is 365 g/mol. The summed E-state index contributed by atoms with van der Waals surface area (Å²) in [6.45, 7) is 0. The predicted molar refractivity (Wildman–Crippen MR) is 102 cm³/mol. The summed E-state index contributed by atoms with van der Waals surface area (Å²) in [7, 11) is 0. The first-order chi connectivity index (χ1) is 12.7. The van der Waals surface area contributed by atoms with Crippen LogP contribution in [0.3, 0.4) is 0 Å². The normalized spacial score (nSPS) is 16.7. The summed E-state index contributed by atoms with van der Waals surface area (Å²) in [6, 6.07) is 23.4. The number of amides is 1. The largest absolute Gasteiger partial charge is 0.457 e. The van der Waals surface area contributed by atoms with Gasteiger partial charge in [0.25, 0.3) is 0 Å². The van der Waals surface area contributed by atoms with Crippen molar-refractivity contribution >= 4 is 23.4 Å². The second-order valence-electron chi connectivity index (χ2n) is 5.86. The Labute approximate surface area is 155 Å². The molecule has 5 heteroatoms. The maximum absolute atomic E-state index is 14.2. The van der Waals surface area contributed by atoms with Gasteiger partial charge in [-0.15, -0.1) is 11.8 Å². The second-order valence-corrected chi connectivity index (χ2v) is 6.93. The van der Waals surface area contributed by atoms with Crippen LogP contribution in [0.1, 0.15) is 10.9 Å². The van der Waals surface area contributed by atoms with Crippen molar-refractivity contribution in [3.8, 4) is 11.5 Å². The molecule has 3 nitrogen and oxygen atoms in total. The molecule has 1 heterocycles. The van der Waals surface area contributed by atoms with Crippen molar-refractivity contribution in [3.05, 3.63) is 90.2 Å². The lowest BCUT2D eigenvalue weighted by Gasteiger charge is -2.24. The molecule has 3 aromatic rings. The van der Waals surface area contributed by atoms with Gasteiger partial charge in [0.15, 0.2) is 0 Å². The molecule has 3 aromatic carbocycles. The molecule has 1 aliphatic heterocycles. The first-order valence-corrected chi connectivity index (χ1v) is 9.28. The Morgan fingerprint density at radius 3 is 2.27 bits per heavy atom. The first kappa shape index (κ1) is 16.7. The Hall–Kier alpha value is -2.79. The van der Waals surface area contributed by atoms with Crippen molar-refractivity contribution in [2.24, 2.45) is 0 Å². The van der Waals surface area contributed by atoms with Crippen molar-refractivity contribution in [1.29, 1.82) is 0 Å². The van der Waals surface area contributed by atoms with E-state index in [1.807, 2.05) is 54.6 Å². The minimum Gasteiger partial charge on any atom is -0.457 e. The molecule has 0 N–H and O–H groups in total. The third-order valence-corrected chi connectivity index (χ3v) is 5.33. The van der Waals surface area contributed by atoms with E-state index in [4.69, 9.17) is 4.74 Å². The van der Waals surface area contributed by atoms with Crippen molar-refractivity contribution in [1.82, 2.24) is 0 Å². The van der Waals surface area contributed by atoms with E-state index in [-0.39, 0.29) is 17.1 Å². The van der Waals surface area contributed by atoms with E-state index < -0.39 is 0 Å². The zero-order valence-electron chi connectivity index (χ0n) is 13.8. The molecular weight excluding hydrogens is 349 g/mol. The Balaban J connectivity index is 1.59. The number of para-hydroxylation sites is 1. The summed E-state index contributed by atoms with van der Waals surface area (Å²) in [6.07, 6.45) is 0. The fourth-order valence-corrected chi connectivity index (χ4v) is 4.11. The van der Waals surface area contributed by atoms with Crippen molar-refractivity contribution in [2.75, 3.05) is 10.7 Å². The van der Waals surface area contributed by atoms with E-state index in [0.717, 1.165) is 11.4 Å². The molecule has 26 heavy (non-hydrogen) atoms. The number of ether oxygens (including phenoxy) is 1. The van der Waals surface area contributed by atoms with Gasteiger partial charge in [-0.05, 0) is 42.5 Å². The molecule has 0 spiro atoms. The highest BCUT2D eigenvalue weighted by atomic mass is 32.2. The van der Waals surface area contributed by atoms with Gasteiger partial charge in [-0.1, -0.05) is 36.4 Å². The van der Waals surface area contributed by atoms with Crippen LogP contribution in [0.5, 0.6) is 11.5 Å². The third-order valence-electron chi connectivity index (χ3n) is 4.13. The first-order valence-electron chi connectivity index (χ1n) is 8.23. The van der Waals surface area contributed by atoms with Gasteiger partial charge in [0.1, 0.15) is 22.7 Å². The van der Waals surface area contributed by atoms with Gasteiger partial charge in [0, 0.05) is 11.3 Å². The van der Waals surface area contributed by atoms with E-state index in [1.54, 1.807) is 23.1 Å². The van der Waals surface area contributed by atoms with Gasteiger partial charge in [-0.2, -0.15) is 0 Å². The fourth-order valence-electron chi connectivity index (χ4n) is 2.91. The lowest BCUT2D eigenvalue weighted by Crippen LogP contribution is -2.28. The number of anilines is 1. The maximum atomic E-state index is 14.2. The van der Waals surface area contributed by atoms with E-state index in [1.165, 1.54) is 17.8 Å². The Kier molecular flexibility index (Phi) is 4.63. The number of hydrogen-bond donors (Lipinski definition) is 0. The number of benzene rings is 3. The Morgan fingerprint density at radius 2 is 1.54 bits per heavy atom. The van der Waals surface area contributed by atoms with Crippen molar-refractivity contribution < 1.29 is 13.9 Å². The van der Waals surface area contributed by atoms with Gasteiger partial charge in [-0.25, -0.2) is 4.39 Å². The molecule has 0 bridgehead atoms. The molecule has 1 fully saturated rings. The van der Waals surface area contributed by atoms with E-state index >= 15 is 0 Å². The summed E-state index contributed by atoms with van der Waals surface area (Å²) < 4.78 is 20.0. The number of hydrogen-bond acceptors (Lipinski definition) is 3. The number of nitrogens with zero attached hydrogens (tertiary/aromatic N) is 1. The Bertz CT molecular complexity index is 915. The minimum absolute atomic E-state index is 0.0278. The zero-order valence-corrected chi connectivity index (χ0v) is 14.7. The third kappa shape index (κ3) is 3.30. The standard InChI is InChI=1S/C21H16FNO2S/c22-19-9-5-4-8-18(19)21-23(20(24)14-26-21)15-10-12-17(13-11-15)25-16-6-2-1-3-7-16/h1-13,21H,14H2/t21-/m1/s1. The number of rotatable bonds is 4. The summed E-state index contributed by atoms with van der Waals surface area (Å²) in [5.74, 6) is 1.44. The van der Waals surface area contributed by atoms with Gasteiger partial charge in [0.05, 0.1) is 5.75 Å². The molecule has 0 aliphatic carbocycles. The summed E-state index contributed by atoms with van der Waals surface area (Å²) in [5, 5.41) is -0.357. The van der Waals surface area contributed by atoms with Crippen LogP contribution in [0.2, 0.25) is 0 Å². The predicted octanol–water partition coefficient (Wildman–Crippen LogP) is 5.40. The van der Waals surface area contributed by atoms with E-state index in [9.17, 15) is 9.18 Å². The van der Waals surface area contributed by atoms with E-state index in [2.05, 4.69) is 0 Å². The second kappa shape index (κ2) is 7.22. The highest BCUT2D eigenvalue weighted by Gasteiger charge is 2.35. The highest BCUT2D eigenvalue weighted by molar-refractivity contribution is 8.00. The number of halogens is 1. The van der Waals surface area contributed by atoms with Crippen molar-refractivity contribution in [3.63, 3.8) is 0 Å². The molecule has 1 saturated heterocycles. The SMILES string of the molecule is O=C1CS[C@H](c2ccccc2F)N1c1ccc(Oc2ccccc2)cc1. The van der Waals surface area contributed by atoms with Gasteiger partial charge in [-0.3, -0.25) is 9.69 Å². The molecule has 0 unspecified atom stereocenters. The molecule has 130 valence electrons. The smallest absolute Gasteiger partial charge is 0.238 e. The number of carbonyl (C=O) groups is 1. The quantitative estimate of drug-likeness (QED) is 0.620. The Morgan fingerprint density at radius 1 is 0.885 bits per heavy atom. The lowest BCUT2D eigenvalue weighted by molar-refractivity contribution is -0.115. The molecule has 1 aliphatic rings. The average Bonchev–Trinajstić information content (AvgIpc) is 3.05. The highest BCUT2D eigenvalue weighted by Crippen LogP contribution is 2.42. The monoisotopic (exact) mass is 365 g/mol. The van der Waals surface area contributed by atoms with Crippen LogP contribution in [0.25, 0.3) is 0 Å². The lowest BCUT2D eigenvalue weighted by atomic mass is 10.1. The van der Waals surface area contributed by atoms with Crippen LogP contribution in [-0.2, 0) is 4.79 Å². The van der Waals surface area contributed by atoms with E-state index in [0.29, 0.717) is 17.1 Å². The van der Waals surface area contributed by atoms with Gasteiger partial charge < -0.3 is 4.74 Å².